The summed E-state index contributed by atoms with van der Waals surface area (Å²) in [6.07, 6.45) is 0. The first-order valence-corrected chi connectivity index (χ1v) is 5.66. The van der Waals surface area contributed by atoms with Crippen LogP contribution in [-0.2, 0) is 6.54 Å². The lowest BCUT2D eigenvalue weighted by atomic mass is 10.1. The van der Waals surface area contributed by atoms with E-state index in [1.165, 1.54) is 6.07 Å². The molecule has 0 amide bonds. The average molecular weight is 240 g/mol. The molecule has 2 nitrogen and oxygen atoms in total. The summed E-state index contributed by atoms with van der Waals surface area (Å²) >= 11 is 0. The molecule has 0 heterocycles. The van der Waals surface area contributed by atoms with Crippen LogP contribution < -0.4 is 4.90 Å². The quantitative estimate of drug-likeness (QED) is 0.822. The van der Waals surface area contributed by atoms with Crippen molar-refractivity contribution in [2.75, 3.05) is 11.9 Å². The Morgan fingerprint density at radius 3 is 2.50 bits per heavy atom. The van der Waals surface area contributed by atoms with E-state index in [9.17, 15) is 4.39 Å². The van der Waals surface area contributed by atoms with E-state index in [0.717, 1.165) is 5.56 Å². The highest BCUT2D eigenvalue weighted by atomic mass is 19.1. The molecule has 0 atom stereocenters. The highest BCUT2D eigenvalue weighted by Gasteiger charge is 2.11. The summed E-state index contributed by atoms with van der Waals surface area (Å²) in [6.45, 7) is 0.638. The minimum Gasteiger partial charge on any atom is -0.369 e. The molecule has 0 spiro atoms. The van der Waals surface area contributed by atoms with Gasteiger partial charge in [-0.25, -0.2) is 4.39 Å². The van der Waals surface area contributed by atoms with Crippen LogP contribution in [0.5, 0.6) is 0 Å². The van der Waals surface area contributed by atoms with Gasteiger partial charge in [-0.15, -0.1) is 0 Å². The van der Waals surface area contributed by atoms with Crippen molar-refractivity contribution in [1.29, 1.82) is 5.26 Å². The van der Waals surface area contributed by atoms with E-state index in [0.29, 0.717) is 12.2 Å². The number of rotatable bonds is 3. The summed E-state index contributed by atoms with van der Waals surface area (Å²) in [4.78, 5) is 1.87. The minimum absolute atomic E-state index is 0.0935. The Labute approximate surface area is 106 Å². The van der Waals surface area contributed by atoms with E-state index < -0.39 is 5.82 Å². The van der Waals surface area contributed by atoms with Crippen molar-refractivity contribution in [2.45, 2.75) is 6.54 Å². The summed E-state index contributed by atoms with van der Waals surface area (Å²) < 4.78 is 13.5. The number of hydrogen-bond acceptors (Lipinski definition) is 2. The first kappa shape index (κ1) is 12.1. The maximum Gasteiger partial charge on any atom is 0.143 e. The number of nitrogens with zero attached hydrogens (tertiary/aromatic N) is 2. The van der Waals surface area contributed by atoms with Crippen LogP contribution in [0.15, 0.2) is 48.5 Å². The largest absolute Gasteiger partial charge is 0.369 e. The highest BCUT2D eigenvalue weighted by molar-refractivity contribution is 5.59. The van der Waals surface area contributed by atoms with Crippen LogP contribution in [0.4, 0.5) is 10.1 Å². The molecule has 0 aromatic heterocycles. The third kappa shape index (κ3) is 2.49. The number of halogens is 1. The van der Waals surface area contributed by atoms with Crippen molar-refractivity contribution in [3.05, 3.63) is 65.5 Å². The van der Waals surface area contributed by atoms with Crippen molar-refractivity contribution < 1.29 is 4.39 Å². The first-order valence-electron chi connectivity index (χ1n) is 5.66. The fourth-order valence-corrected chi connectivity index (χ4v) is 1.88. The SMILES string of the molecule is CN(Cc1ccccc1)c1cccc(F)c1C#N. The smallest absolute Gasteiger partial charge is 0.143 e. The molecule has 0 saturated heterocycles. The summed E-state index contributed by atoms with van der Waals surface area (Å²) in [7, 11) is 1.85. The Kier molecular flexibility index (Phi) is 3.59. The highest BCUT2D eigenvalue weighted by Crippen LogP contribution is 2.22. The topological polar surface area (TPSA) is 27.0 Å². The lowest BCUT2D eigenvalue weighted by molar-refractivity contribution is 0.623. The fourth-order valence-electron chi connectivity index (χ4n) is 1.88. The monoisotopic (exact) mass is 240 g/mol. The van der Waals surface area contributed by atoms with Gasteiger partial charge in [0.25, 0.3) is 0 Å². The summed E-state index contributed by atoms with van der Waals surface area (Å²) in [5.74, 6) is -0.477. The Morgan fingerprint density at radius 1 is 1.11 bits per heavy atom. The number of hydrogen-bond donors (Lipinski definition) is 0. The second-order valence-electron chi connectivity index (χ2n) is 4.09. The van der Waals surface area contributed by atoms with Crippen LogP contribution in [0.3, 0.4) is 0 Å². The molecule has 0 aliphatic heterocycles. The molecule has 0 aliphatic carbocycles. The molecule has 2 rings (SSSR count). The van der Waals surface area contributed by atoms with Gasteiger partial charge in [0, 0.05) is 13.6 Å². The van der Waals surface area contributed by atoms with Gasteiger partial charge in [-0.3, -0.25) is 0 Å². The molecule has 0 bridgehead atoms. The minimum atomic E-state index is -0.477. The van der Waals surface area contributed by atoms with Gasteiger partial charge in [0.15, 0.2) is 0 Å². The molecular formula is C15H13FN2. The van der Waals surface area contributed by atoms with E-state index in [-0.39, 0.29) is 5.56 Å². The Balaban J connectivity index is 2.27. The van der Waals surface area contributed by atoms with Crippen LogP contribution in [-0.4, -0.2) is 7.05 Å². The lowest BCUT2D eigenvalue weighted by Crippen LogP contribution is -2.17. The molecule has 90 valence electrons. The van der Waals surface area contributed by atoms with E-state index in [1.807, 2.05) is 48.3 Å². The van der Waals surface area contributed by atoms with E-state index in [1.54, 1.807) is 12.1 Å². The molecule has 0 radical (unpaired) electrons. The third-order valence-electron chi connectivity index (χ3n) is 2.78. The molecule has 0 saturated carbocycles. The molecule has 18 heavy (non-hydrogen) atoms. The zero-order valence-electron chi connectivity index (χ0n) is 10.1. The van der Waals surface area contributed by atoms with Crippen molar-refractivity contribution >= 4 is 5.69 Å². The molecule has 2 aromatic carbocycles. The number of benzene rings is 2. The van der Waals surface area contributed by atoms with Gasteiger partial charge in [-0.1, -0.05) is 36.4 Å². The molecule has 0 fully saturated rings. The Bertz CT molecular complexity index is 573. The molecule has 0 aliphatic rings. The molecular weight excluding hydrogens is 227 g/mol. The van der Waals surface area contributed by atoms with Gasteiger partial charge >= 0.3 is 0 Å². The van der Waals surface area contributed by atoms with Gasteiger partial charge in [-0.2, -0.15) is 5.26 Å². The standard InChI is InChI=1S/C15H13FN2/c1-18(11-12-6-3-2-4-7-12)15-9-5-8-14(16)13(15)10-17/h2-9H,11H2,1H3. The van der Waals surface area contributed by atoms with Crippen LogP contribution in [0.2, 0.25) is 0 Å². The van der Waals surface area contributed by atoms with Gasteiger partial charge in [0.05, 0.1) is 5.69 Å². The molecule has 2 aromatic rings. The normalized spacial score (nSPS) is 9.83. The van der Waals surface area contributed by atoms with Crippen molar-refractivity contribution in [3.8, 4) is 6.07 Å². The summed E-state index contributed by atoms with van der Waals surface area (Å²) in [6, 6.07) is 16.5. The second kappa shape index (κ2) is 5.33. The zero-order valence-corrected chi connectivity index (χ0v) is 10.1. The first-order chi connectivity index (χ1) is 8.72. The third-order valence-corrected chi connectivity index (χ3v) is 2.78. The van der Waals surface area contributed by atoms with Crippen molar-refractivity contribution in [3.63, 3.8) is 0 Å². The molecule has 0 N–H and O–H groups in total. The van der Waals surface area contributed by atoms with Gasteiger partial charge in [-0.05, 0) is 17.7 Å². The zero-order chi connectivity index (χ0) is 13.0. The predicted octanol–water partition coefficient (Wildman–Crippen LogP) is 3.33. The van der Waals surface area contributed by atoms with Gasteiger partial charge in [0.2, 0.25) is 0 Å². The number of nitriles is 1. The van der Waals surface area contributed by atoms with Crippen LogP contribution in [0.1, 0.15) is 11.1 Å². The lowest BCUT2D eigenvalue weighted by Gasteiger charge is -2.20. The van der Waals surface area contributed by atoms with Crippen LogP contribution >= 0.6 is 0 Å². The van der Waals surface area contributed by atoms with Gasteiger partial charge in [0.1, 0.15) is 17.4 Å². The fraction of sp³-hybridized carbons (Fsp3) is 0.133. The molecule has 0 unspecified atom stereocenters. The van der Waals surface area contributed by atoms with Crippen molar-refractivity contribution in [2.24, 2.45) is 0 Å². The molecule has 3 heteroatoms. The van der Waals surface area contributed by atoms with Gasteiger partial charge < -0.3 is 4.90 Å². The predicted molar refractivity (Wildman–Crippen MR) is 69.7 cm³/mol. The average Bonchev–Trinajstić information content (AvgIpc) is 2.39. The summed E-state index contributed by atoms with van der Waals surface area (Å²) in [5.41, 5.74) is 1.82. The van der Waals surface area contributed by atoms with Crippen LogP contribution in [0, 0.1) is 17.1 Å². The maximum absolute atomic E-state index is 13.5. The Morgan fingerprint density at radius 2 is 1.83 bits per heavy atom. The second-order valence-corrected chi connectivity index (χ2v) is 4.09. The van der Waals surface area contributed by atoms with E-state index in [2.05, 4.69) is 0 Å². The van der Waals surface area contributed by atoms with E-state index in [4.69, 9.17) is 5.26 Å². The maximum atomic E-state index is 13.5. The van der Waals surface area contributed by atoms with Crippen LogP contribution in [0.25, 0.3) is 0 Å². The van der Waals surface area contributed by atoms with Crippen molar-refractivity contribution in [1.82, 2.24) is 0 Å². The number of anilines is 1. The Hall–Kier alpha value is -2.34. The summed E-state index contributed by atoms with van der Waals surface area (Å²) in [5, 5.41) is 9.00. The van der Waals surface area contributed by atoms with E-state index >= 15 is 0 Å².